The van der Waals surface area contributed by atoms with Crippen molar-refractivity contribution in [2.24, 2.45) is 0 Å². The van der Waals surface area contributed by atoms with Crippen molar-refractivity contribution in [2.45, 2.75) is 81.1 Å². The molecule has 1 aromatic carbocycles. The van der Waals surface area contributed by atoms with Crippen LogP contribution in [-0.2, 0) is 30.2 Å². The second kappa shape index (κ2) is 18.6. The molecule has 1 aromatic rings. The van der Waals surface area contributed by atoms with Crippen molar-refractivity contribution >= 4 is 5.97 Å². The minimum absolute atomic E-state index is 0.0243. The highest BCUT2D eigenvalue weighted by molar-refractivity contribution is 5.93. The van der Waals surface area contributed by atoms with Crippen LogP contribution in [0.2, 0.25) is 0 Å². The van der Waals surface area contributed by atoms with E-state index in [0.29, 0.717) is 37.7 Å². The van der Waals surface area contributed by atoms with E-state index in [0.717, 1.165) is 12.0 Å². The second-order valence-electron chi connectivity index (χ2n) is 7.84. The van der Waals surface area contributed by atoms with Crippen molar-refractivity contribution in [3.63, 3.8) is 0 Å². The molecule has 0 unspecified atom stereocenters. The number of hydrogen-bond donors (Lipinski definition) is 0. The van der Waals surface area contributed by atoms with Gasteiger partial charge in [-0.15, -0.1) is 0 Å². The molecular formula is C29H48O10. The first-order valence-corrected chi connectivity index (χ1v) is 14.1. The van der Waals surface area contributed by atoms with Crippen molar-refractivity contribution in [1.82, 2.24) is 0 Å². The van der Waals surface area contributed by atoms with Crippen LogP contribution in [0, 0.1) is 0 Å². The predicted molar refractivity (Wildman–Crippen MR) is 148 cm³/mol. The minimum Gasteiger partial charge on any atom is -0.501 e. The van der Waals surface area contributed by atoms with Gasteiger partial charge in [-0.1, -0.05) is 13.3 Å². The fourth-order valence-electron chi connectivity index (χ4n) is 3.89. The Bertz CT molecular complexity index is 843. The van der Waals surface area contributed by atoms with E-state index in [1.165, 1.54) is 6.26 Å². The fourth-order valence-corrected chi connectivity index (χ4v) is 3.89. The summed E-state index contributed by atoms with van der Waals surface area (Å²) < 4.78 is 53.3. The predicted octanol–water partition coefficient (Wildman–Crippen LogP) is 5.82. The zero-order valence-corrected chi connectivity index (χ0v) is 25.2. The average molecular weight is 557 g/mol. The minimum atomic E-state index is -1.85. The molecule has 0 aromatic heterocycles. The van der Waals surface area contributed by atoms with Gasteiger partial charge in [-0.3, -0.25) is 0 Å². The van der Waals surface area contributed by atoms with E-state index in [1.54, 1.807) is 27.7 Å². The van der Waals surface area contributed by atoms with Crippen molar-refractivity contribution in [3.05, 3.63) is 17.4 Å². The number of carbonyl (C=O) groups is 1. The van der Waals surface area contributed by atoms with Gasteiger partial charge >= 0.3 is 11.9 Å². The van der Waals surface area contributed by atoms with E-state index < -0.39 is 11.9 Å². The number of hydrogen-bond acceptors (Lipinski definition) is 10. The molecule has 10 nitrogen and oxygen atoms in total. The SMILES string of the molecule is CCCc1c(OCC)c(OCC)c(OC(=O)C(=COCC)C(OCC)(OCC)OCC)c(OCC)c1OCC. The van der Waals surface area contributed by atoms with Crippen LogP contribution in [0.3, 0.4) is 0 Å². The summed E-state index contributed by atoms with van der Waals surface area (Å²) >= 11 is 0. The molecule has 0 saturated carbocycles. The molecule has 0 aliphatic carbocycles. The van der Waals surface area contributed by atoms with E-state index in [9.17, 15) is 4.79 Å². The summed E-state index contributed by atoms with van der Waals surface area (Å²) in [5.41, 5.74) is 0.665. The average Bonchev–Trinajstić information content (AvgIpc) is 2.90. The number of benzene rings is 1. The zero-order chi connectivity index (χ0) is 29.3. The molecule has 224 valence electrons. The van der Waals surface area contributed by atoms with Crippen molar-refractivity contribution < 1.29 is 47.4 Å². The lowest BCUT2D eigenvalue weighted by molar-refractivity contribution is -0.352. The lowest BCUT2D eigenvalue weighted by atomic mass is 10.0. The molecule has 0 heterocycles. The monoisotopic (exact) mass is 556 g/mol. The summed E-state index contributed by atoms with van der Waals surface area (Å²) in [4.78, 5) is 13.9. The molecule has 10 heteroatoms. The molecule has 0 radical (unpaired) electrons. The van der Waals surface area contributed by atoms with Gasteiger partial charge in [-0.25, -0.2) is 4.79 Å². The van der Waals surface area contributed by atoms with Crippen LogP contribution in [0.4, 0.5) is 0 Å². The van der Waals surface area contributed by atoms with Crippen LogP contribution in [0.5, 0.6) is 28.7 Å². The second-order valence-corrected chi connectivity index (χ2v) is 7.84. The molecule has 0 amide bonds. The highest BCUT2D eigenvalue weighted by Crippen LogP contribution is 2.54. The van der Waals surface area contributed by atoms with Gasteiger partial charge in [0.1, 0.15) is 6.26 Å². The highest BCUT2D eigenvalue weighted by Gasteiger charge is 2.45. The standard InChI is InChI=1S/C29H48O10/c1-10-19-21-23(32-12-3)25(34-14-5)27(26(35-15-6)24(21)33-13-4)39-28(30)22(20-31-11-2)29(36-16-7,37-17-8)38-18-9/h20H,10-19H2,1-9H3. The summed E-state index contributed by atoms with van der Waals surface area (Å²) in [6.07, 6.45) is 2.69. The molecule has 0 saturated heterocycles. The number of esters is 1. The van der Waals surface area contributed by atoms with Gasteiger partial charge in [0.25, 0.3) is 0 Å². The Hall–Kier alpha value is -2.69. The quantitative estimate of drug-likeness (QED) is 0.0605. The van der Waals surface area contributed by atoms with E-state index >= 15 is 0 Å². The van der Waals surface area contributed by atoms with Crippen LogP contribution in [0.25, 0.3) is 0 Å². The van der Waals surface area contributed by atoms with E-state index in [4.69, 9.17) is 42.6 Å². The molecular weight excluding hydrogens is 508 g/mol. The Labute approximate surface area is 233 Å². The number of carbonyl (C=O) groups excluding carboxylic acids is 1. The van der Waals surface area contributed by atoms with E-state index in [-0.39, 0.29) is 55.9 Å². The smallest absolute Gasteiger partial charge is 0.351 e. The maximum Gasteiger partial charge on any atom is 0.351 e. The largest absolute Gasteiger partial charge is 0.501 e. The fraction of sp³-hybridized carbons (Fsp3) is 0.690. The van der Waals surface area contributed by atoms with Gasteiger partial charge < -0.3 is 42.6 Å². The summed E-state index contributed by atoms with van der Waals surface area (Å²) in [5, 5.41) is 0. The van der Waals surface area contributed by atoms with Gasteiger partial charge in [-0.2, -0.15) is 0 Å². The first kappa shape index (κ1) is 34.3. The number of ether oxygens (including phenoxy) is 9. The third-order valence-electron chi connectivity index (χ3n) is 5.14. The van der Waals surface area contributed by atoms with Crippen LogP contribution in [0.15, 0.2) is 11.8 Å². The van der Waals surface area contributed by atoms with Crippen molar-refractivity contribution in [2.75, 3.05) is 52.9 Å². The van der Waals surface area contributed by atoms with Gasteiger partial charge in [0, 0.05) is 25.4 Å². The first-order chi connectivity index (χ1) is 18.9. The zero-order valence-electron chi connectivity index (χ0n) is 25.2. The normalized spacial score (nSPS) is 11.8. The topological polar surface area (TPSA) is 100 Å². The van der Waals surface area contributed by atoms with Crippen molar-refractivity contribution in [1.29, 1.82) is 0 Å². The molecule has 0 fully saturated rings. The van der Waals surface area contributed by atoms with Gasteiger partial charge in [0.2, 0.25) is 17.2 Å². The molecule has 39 heavy (non-hydrogen) atoms. The van der Waals surface area contributed by atoms with Gasteiger partial charge in [0.15, 0.2) is 17.1 Å². The van der Waals surface area contributed by atoms with Crippen LogP contribution >= 0.6 is 0 Å². The third-order valence-corrected chi connectivity index (χ3v) is 5.14. The maximum atomic E-state index is 13.9. The molecule has 0 N–H and O–H groups in total. The van der Waals surface area contributed by atoms with Gasteiger partial charge in [0.05, 0.1) is 33.0 Å². The Balaban J connectivity index is 3.99. The Morgan fingerprint density at radius 1 is 0.590 bits per heavy atom. The summed E-state index contributed by atoms with van der Waals surface area (Å²) in [6, 6.07) is 0. The summed E-state index contributed by atoms with van der Waals surface area (Å²) in [5.74, 6) is -1.29. The Morgan fingerprint density at radius 2 is 1.03 bits per heavy atom. The van der Waals surface area contributed by atoms with Crippen LogP contribution in [-0.4, -0.2) is 64.8 Å². The Kier molecular flexibility index (Phi) is 16.4. The molecule has 0 bridgehead atoms. The molecule has 1 rings (SSSR count). The van der Waals surface area contributed by atoms with Crippen molar-refractivity contribution in [3.8, 4) is 28.7 Å². The highest BCUT2D eigenvalue weighted by atomic mass is 16.9. The summed E-state index contributed by atoms with van der Waals surface area (Å²) in [7, 11) is 0. The first-order valence-electron chi connectivity index (χ1n) is 14.1. The van der Waals surface area contributed by atoms with Crippen LogP contribution < -0.4 is 23.7 Å². The van der Waals surface area contributed by atoms with Crippen LogP contribution in [0.1, 0.15) is 74.3 Å². The summed E-state index contributed by atoms with van der Waals surface area (Å²) in [6.45, 7) is 18.8. The lowest BCUT2D eigenvalue weighted by Crippen LogP contribution is -2.45. The molecule has 0 atom stereocenters. The lowest BCUT2D eigenvalue weighted by Gasteiger charge is -2.33. The van der Waals surface area contributed by atoms with E-state index in [1.807, 2.05) is 27.7 Å². The maximum absolute atomic E-state index is 13.9. The molecule has 0 aliphatic rings. The van der Waals surface area contributed by atoms with E-state index in [2.05, 4.69) is 6.92 Å². The molecule has 0 aliphatic heterocycles. The van der Waals surface area contributed by atoms with Gasteiger partial charge in [-0.05, 0) is 61.8 Å². The third kappa shape index (κ3) is 8.91. The number of rotatable bonds is 21. The Morgan fingerprint density at radius 3 is 1.38 bits per heavy atom. The molecule has 0 spiro atoms.